The second-order valence-corrected chi connectivity index (χ2v) is 8.18. The summed E-state index contributed by atoms with van der Waals surface area (Å²) < 4.78 is 2.05. The summed E-state index contributed by atoms with van der Waals surface area (Å²) in [5.41, 5.74) is 1.46. The van der Waals surface area contributed by atoms with Crippen molar-refractivity contribution in [3.05, 3.63) is 36.0 Å². The minimum Gasteiger partial charge on any atom is -0.348 e. The van der Waals surface area contributed by atoms with E-state index >= 15 is 0 Å². The van der Waals surface area contributed by atoms with Crippen molar-refractivity contribution >= 4 is 22.6 Å². The van der Waals surface area contributed by atoms with E-state index in [1.54, 1.807) is 0 Å². The van der Waals surface area contributed by atoms with E-state index in [1.165, 1.54) is 0 Å². The first-order chi connectivity index (χ1) is 13.4. The topological polar surface area (TPSA) is 57.6 Å². The molecular weight excluding hydrogens is 352 g/mol. The molecule has 152 valence electrons. The highest BCUT2D eigenvalue weighted by atomic mass is 16.2. The molecule has 1 aliphatic rings. The third kappa shape index (κ3) is 4.45. The van der Waals surface area contributed by atoms with Gasteiger partial charge < -0.3 is 19.7 Å². The van der Waals surface area contributed by atoms with E-state index in [9.17, 15) is 9.59 Å². The Morgan fingerprint density at radius 1 is 1.18 bits per heavy atom. The van der Waals surface area contributed by atoms with Crippen LogP contribution in [0.1, 0.15) is 43.1 Å². The van der Waals surface area contributed by atoms with Gasteiger partial charge in [-0.1, -0.05) is 18.2 Å². The Kier molecular flexibility index (Phi) is 6.52. The lowest BCUT2D eigenvalue weighted by atomic mass is 10.0. The summed E-state index contributed by atoms with van der Waals surface area (Å²) in [5.74, 6) is -0.975. The highest BCUT2D eigenvalue weighted by Gasteiger charge is 2.23. The van der Waals surface area contributed by atoms with Gasteiger partial charge in [0.1, 0.15) is 0 Å². The molecule has 28 heavy (non-hydrogen) atoms. The number of amides is 1. The first-order valence-electron chi connectivity index (χ1n) is 10.2. The van der Waals surface area contributed by atoms with Crippen LogP contribution in [-0.4, -0.2) is 72.4 Å². The van der Waals surface area contributed by atoms with E-state index in [0.717, 1.165) is 43.4 Å². The van der Waals surface area contributed by atoms with Crippen LogP contribution in [0.5, 0.6) is 0 Å². The fourth-order valence-electron chi connectivity index (χ4n) is 4.00. The molecule has 0 bridgehead atoms. The van der Waals surface area contributed by atoms with Gasteiger partial charge in [0.25, 0.3) is 11.7 Å². The van der Waals surface area contributed by atoms with Gasteiger partial charge in [-0.25, -0.2) is 0 Å². The maximum absolute atomic E-state index is 12.8. The Hall–Kier alpha value is -2.18. The summed E-state index contributed by atoms with van der Waals surface area (Å²) in [6, 6.07) is 8.62. The van der Waals surface area contributed by atoms with Crippen LogP contribution < -0.4 is 5.32 Å². The second kappa shape index (κ2) is 8.88. The number of hydrogen-bond donors (Lipinski definition) is 1. The average molecular weight is 385 g/mol. The fourth-order valence-corrected chi connectivity index (χ4v) is 4.00. The molecule has 6 heteroatoms. The molecule has 2 heterocycles. The minimum atomic E-state index is -0.519. The van der Waals surface area contributed by atoms with Crippen LogP contribution in [0.3, 0.4) is 0 Å². The van der Waals surface area contributed by atoms with Crippen molar-refractivity contribution in [2.75, 3.05) is 40.3 Å². The molecule has 0 spiro atoms. The fraction of sp³-hybridized carbons (Fsp3) is 0.545. The zero-order valence-corrected chi connectivity index (χ0v) is 17.4. The zero-order chi connectivity index (χ0) is 20.3. The minimum absolute atomic E-state index is 0.222. The van der Waals surface area contributed by atoms with E-state index in [-0.39, 0.29) is 6.04 Å². The van der Waals surface area contributed by atoms with Gasteiger partial charge in [0.2, 0.25) is 0 Å². The standard InChI is InChI=1S/C22H32N4O2/c1-16(2)26-15-19(18-7-5-6-8-20(18)26)21(27)22(28)23-11-14-25-12-9-17(10-13-25)24(3)4/h5-8,15-17H,9-14H2,1-4H3,(H,23,28). The van der Waals surface area contributed by atoms with Crippen LogP contribution in [-0.2, 0) is 4.79 Å². The molecule has 1 aromatic heterocycles. The van der Waals surface area contributed by atoms with E-state index in [2.05, 4.69) is 43.1 Å². The number of likely N-dealkylation sites (tertiary alicyclic amines) is 1. The highest BCUT2D eigenvalue weighted by Crippen LogP contribution is 2.25. The number of carbonyl (C=O) groups is 2. The molecule has 0 radical (unpaired) electrons. The van der Waals surface area contributed by atoms with Gasteiger partial charge in [-0.05, 0) is 59.9 Å². The lowest BCUT2D eigenvalue weighted by Gasteiger charge is -2.35. The number of nitrogens with zero attached hydrogens (tertiary/aromatic N) is 3. The first kappa shape index (κ1) is 20.6. The van der Waals surface area contributed by atoms with Crippen LogP contribution in [0.25, 0.3) is 10.9 Å². The van der Waals surface area contributed by atoms with Crippen molar-refractivity contribution < 1.29 is 9.59 Å². The normalized spacial score (nSPS) is 16.2. The number of rotatable bonds is 7. The molecule has 1 saturated heterocycles. The predicted molar refractivity (Wildman–Crippen MR) is 113 cm³/mol. The Morgan fingerprint density at radius 3 is 2.50 bits per heavy atom. The van der Waals surface area contributed by atoms with E-state index in [4.69, 9.17) is 0 Å². The largest absolute Gasteiger partial charge is 0.348 e. The maximum Gasteiger partial charge on any atom is 0.292 e. The van der Waals surface area contributed by atoms with Crippen LogP contribution >= 0.6 is 0 Å². The van der Waals surface area contributed by atoms with Crippen molar-refractivity contribution in [2.24, 2.45) is 0 Å². The molecule has 3 rings (SSSR count). The van der Waals surface area contributed by atoms with Gasteiger partial charge in [0.05, 0.1) is 5.56 Å². The number of para-hydroxylation sites is 1. The van der Waals surface area contributed by atoms with Crippen molar-refractivity contribution in [3.8, 4) is 0 Å². The molecule has 0 aliphatic carbocycles. The maximum atomic E-state index is 12.8. The van der Waals surface area contributed by atoms with Crippen molar-refractivity contribution in [1.29, 1.82) is 0 Å². The Balaban J connectivity index is 1.57. The molecule has 0 saturated carbocycles. The third-order valence-electron chi connectivity index (χ3n) is 5.75. The Bertz CT molecular complexity index is 832. The SMILES string of the molecule is CC(C)n1cc(C(=O)C(=O)NCCN2CCC(N(C)C)CC2)c2ccccc21. The number of carbonyl (C=O) groups excluding carboxylic acids is 2. The van der Waals surface area contributed by atoms with Crippen LogP contribution in [0.2, 0.25) is 0 Å². The van der Waals surface area contributed by atoms with Crippen molar-refractivity contribution in [1.82, 2.24) is 19.7 Å². The molecule has 1 fully saturated rings. The van der Waals surface area contributed by atoms with Gasteiger partial charge in [0.15, 0.2) is 0 Å². The molecule has 1 aliphatic heterocycles. The summed E-state index contributed by atoms with van der Waals surface area (Å²) in [6.45, 7) is 7.50. The molecule has 0 unspecified atom stereocenters. The Morgan fingerprint density at radius 2 is 1.86 bits per heavy atom. The predicted octanol–water partition coefficient (Wildman–Crippen LogP) is 2.55. The van der Waals surface area contributed by atoms with Crippen LogP contribution in [0.4, 0.5) is 0 Å². The number of Topliss-reactive ketones (excluding diaryl/α,β-unsaturated/α-hetero) is 1. The average Bonchev–Trinajstić information content (AvgIpc) is 3.07. The third-order valence-corrected chi connectivity index (χ3v) is 5.75. The van der Waals surface area contributed by atoms with Crippen molar-refractivity contribution in [3.63, 3.8) is 0 Å². The van der Waals surface area contributed by atoms with E-state index < -0.39 is 11.7 Å². The van der Waals surface area contributed by atoms with Gasteiger partial charge in [-0.15, -0.1) is 0 Å². The molecule has 6 nitrogen and oxygen atoms in total. The van der Waals surface area contributed by atoms with Crippen molar-refractivity contribution in [2.45, 2.75) is 38.8 Å². The number of hydrogen-bond acceptors (Lipinski definition) is 4. The summed E-state index contributed by atoms with van der Waals surface area (Å²) in [5, 5.41) is 3.65. The number of piperidine rings is 1. The number of nitrogens with one attached hydrogen (secondary N) is 1. The summed E-state index contributed by atoms with van der Waals surface area (Å²) in [6.07, 6.45) is 4.10. The van der Waals surface area contributed by atoms with Gasteiger partial charge in [-0.2, -0.15) is 0 Å². The quantitative estimate of drug-likeness (QED) is 0.589. The van der Waals surface area contributed by atoms with Gasteiger partial charge >= 0.3 is 0 Å². The molecule has 1 aromatic carbocycles. The summed E-state index contributed by atoms with van der Waals surface area (Å²) >= 11 is 0. The first-order valence-corrected chi connectivity index (χ1v) is 10.2. The Labute approximate surface area is 167 Å². The molecule has 1 N–H and O–H groups in total. The lowest BCUT2D eigenvalue weighted by molar-refractivity contribution is -0.117. The molecule has 2 aromatic rings. The van der Waals surface area contributed by atoms with Crippen LogP contribution in [0.15, 0.2) is 30.5 Å². The van der Waals surface area contributed by atoms with Gasteiger partial charge in [-0.3, -0.25) is 9.59 Å². The summed E-state index contributed by atoms with van der Waals surface area (Å²) in [7, 11) is 4.25. The second-order valence-electron chi connectivity index (χ2n) is 8.18. The zero-order valence-electron chi connectivity index (χ0n) is 17.4. The number of fused-ring (bicyclic) bond motifs is 1. The molecule has 0 atom stereocenters. The van der Waals surface area contributed by atoms with Gasteiger partial charge in [0, 0.05) is 42.3 Å². The smallest absolute Gasteiger partial charge is 0.292 e. The summed E-state index contributed by atoms with van der Waals surface area (Å²) in [4.78, 5) is 29.8. The molecule has 1 amide bonds. The van der Waals surface area contributed by atoms with Crippen LogP contribution in [0, 0.1) is 0 Å². The number of benzene rings is 1. The molecular formula is C22H32N4O2. The number of aromatic nitrogens is 1. The lowest BCUT2D eigenvalue weighted by Crippen LogP contribution is -2.45. The van der Waals surface area contributed by atoms with E-state index in [1.807, 2.05) is 35.0 Å². The highest BCUT2D eigenvalue weighted by molar-refractivity contribution is 6.45. The number of ketones is 1. The monoisotopic (exact) mass is 384 g/mol. The van der Waals surface area contributed by atoms with E-state index in [0.29, 0.717) is 18.2 Å².